The number of rotatable bonds is 0. The second-order valence-electron chi connectivity index (χ2n) is 3.24. The van der Waals surface area contributed by atoms with Crippen molar-refractivity contribution in [2.24, 2.45) is 0 Å². The van der Waals surface area contributed by atoms with Gasteiger partial charge in [0.25, 0.3) is 0 Å². The van der Waals surface area contributed by atoms with E-state index in [9.17, 15) is 9.59 Å². The van der Waals surface area contributed by atoms with Crippen molar-refractivity contribution < 1.29 is 19.1 Å². The smallest absolute Gasteiger partial charge is 0.420 e. The van der Waals surface area contributed by atoms with Crippen LogP contribution in [0.15, 0.2) is 11.8 Å². The molecule has 2 amide bonds. The number of ether oxygens (including phenoxy) is 2. The molecular weight excluding hydrogens is 200 g/mol. The molecule has 1 fully saturated rings. The summed E-state index contributed by atoms with van der Waals surface area (Å²) >= 11 is 0. The van der Waals surface area contributed by atoms with Gasteiger partial charge in [0.1, 0.15) is 6.07 Å². The van der Waals surface area contributed by atoms with Gasteiger partial charge in [0.2, 0.25) is 12.1 Å². The molecule has 15 heavy (non-hydrogen) atoms. The number of hydrogen-bond acceptors (Lipinski definition) is 5. The lowest BCUT2D eigenvalue weighted by atomic mass is 10.1. The van der Waals surface area contributed by atoms with Gasteiger partial charge in [0, 0.05) is 13.3 Å². The predicted molar refractivity (Wildman–Crippen MR) is 46.0 cm³/mol. The Morgan fingerprint density at radius 2 is 2.40 bits per heavy atom. The quantitative estimate of drug-likeness (QED) is 0.579. The topological polar surface area (TPSA) is 79.6 Å². The van der Waals surface area contributed by atoms with Crippen molar-refractivity contribution >= 4 is 12.0 Å². The summed E-state index contributed by atoms with van der Waals surface area (Å²) in [6.07, 6.45) is -0.0838. The molecule has 1 saturated heterocycles. The fourth-order valence-corrected chi connectivity index (χ4v) is 1.59. The van der Waals surface area contributed by atoms with Crippen molar-refractivity contribution in [2.45, 2.75) is 25.7 Å². The summed E-state index contributed by atoms with van der Waals surface area (Å²) in [4.78, 5) is 23.3. The summed E-state index contributed by atoms with van der Waals surface area (Å²) < 4.78 is 10.1. The minimum Gasteiger partial charge on any atom is -0.456 e. The van der Waals surface area contributed by atoms with Gasteiger partial charge in [-0.2, -0.15) is 5.26 Å². The fraction of sp³-hybridized carbons (Fsp3) is 0.444. The van der Waals surface area contributed by atoms with Gasteiger partial charge in [0.05, 0.1) is 0 Å². The lowest BCUT2D eigenvalue weighted by Crippen LogP contribution is -2.42. The maximum atomic E-state index is 11.3. The Hall–Kier alpha value is -2.03. The molecule has 0 saturated carbocycles. The highest BCUT2D eigenvalue weighted by molar-refractivity contribution is 5.92. The molecule has 0 radical (unpaired) electrons. The molecule has 2 unspecified atom stereocenters. The molecule has 0 aromatic heterocycles. The van der Waals surface area contributed by atoms with Gasteiger partial charge in [-0.25, -0.2) is 9.69 Å². The summed E-state index contributed by atoms with van der Waals surface area (Å²) in [6.45, 7) is 1.25. The second-order valence-corrected chi connectivity index (χ2v) is 3.24. The third-order valence-electron chi connectivity index (χ3n) is 2.25. The Kier molecular flexibility index (Phi) is 2.08. The summed E-state index contributed by atoms with van der Waals surface area (Å²) in [7, 11) is 0. The first kappa shape index (κ1) is 9.52. The van der Waals surface area contributed by atoms with Crippen LogP contribution < -0.4 is 0 Å². The predicted octanol–water partition coefficient (Wildman–Crippen LogP) is 0.508. The first-order valence-electron chi connectivity index (χ1n) is 4.41. The van der Waals surface area contributed by atoms with E-state index < -0.39 is 24.3 Å². The van der Waals surface area contributed by atoms with E-state index in [1.54, 1.807) is 0 Å². The number of amides is 2. The largest absolute Gasteiger partial charge is 0.456 e. The van der Waals surface area contributed by atoms with Crippen LogP contribution in [0.5, 0.6) is 0 Å². The highest BCUT2D eigenvalue weighted by Crippen LogP contribution is 2.29. The number of hydrogen-bond donors (Lipinski definition) is 0. The standard InChI is InChI=1S/C9H8N2O4/c1-5(12)11-8-7(15-9(11)13)3-2-6(4-10)14-8/h2,7-8H,3H2,1H3. The van der Waals surface area contributed by atoms with E-state index in [1.807, 2.05) is 6.07 Å². The number of allylic oxidation sites excluding steroid dienone is 1. The van der Waals surface area contributed by atoms with Gasteiger partial charge in [-0.1, -0.05) is 0 Å². The summed E-state index contributed by atoms with van der Waals surface area (Å²) in [5.41, 5.74) is 0. The Morgan fingerprint density at radius 3 is 3.00 bits per heavy atom. The van der Waals surface area contributed by atoms with Crippen LogP contribution in [-0.4, -0.2) is 29.2 Å². The molecule has 0 N–H and O–H groups in total. The van der Waals surface area contributed by atoms with Crippen LogP contribution in [0.25, 0.3) is 0 Å². The van der Waals surface area contributed by atoms with Crippen molar-refractivity contribution in [3.05, 3.63) is 11.8 Å². The normalized spacial score (nSPS) is 28.4. The van der Waals surface area contributed by atoms with Crippen LogP contribution in [-0.2, 0) is 14.3 Å². The van der Waals surface area contributed by atoms with Crippen LogP contribution in [0.3, 0.4) is 0 Å². The molecule has 2 atom stereocenters. The molecule has 0 spiro atoms. The van der Waals surface area contributed by atoms with Gasteiger partial charge in [0.15, 0.2) is 11.9 Å². The summed E-state index contributed by atoms with van der Waals surface area (Å²) in [5.74, 6) is -0.340. The van der Waals surface area contributed by atoms with E-state index >= 15 is 0 Å². The maximum absolute atomic E-state index is 11.3. The van der Waals surface area contributed by atoms with E-state index in [2.05, 4.69) is 0 Å². The zero-order valence-corrected chi connectivity index (χ0v) is 7.97. The first-order valence-corrected chi connectivity index (χ1v) is 4.41. The number of carbonyl (C=O) groups excluding carboxylic acids is 2. The minimum absolute atomic E-state index is 0.112. The second kappa shape index (κ2) is 3.28. The molecule has 2 heterocycles. The number of fused-ring (bicyclic) bond motifs is 1. The van der Waals surface area contributed by atoms with Gasteiger partial charge >= 0.3 is 6.09 Å². The zero-order chi connectivity index (χ0) is 11.0. The van der Waals surface area contributed by atoms with E-state index in [0.717, 1.165) is 4.90 Å². The van der Waals surface area contributed by atoms with Crippen molar-refractivity contribution in [1.82, 2.24) is 4.90 Å². The number of carbonyl (C=O) groups is 2. The molecule has 0 aromatic carbocycles. The van der Waals surface area contributed by atoms with Crippen LogP contribution in [0, 0.1) is 11.3 Å². The van der Waals surface area contributed by atoms with E-state index in [-0.39, 0.29) is 5.76 Å². The van der Waals surface area contributed by atoms with Crippen LogP contribution in [0.4, 0.5) is 4.79 Å². The molecule has 78 valence electrons. The highest BCUT2D eigenvalue weighted by Gasteiger charge is 2.47. The third kappa shape index (κ3) is 1.42. The van der Waals surface area contributed by atoms with E-state index in [0.29, 0.717) is 6.42 Å². The molecule has 6 heteroatoms. The monoisotopic (exact) mass is 208 g/mol. The van der Waals surface area contributed by atoms with Crippen LogP contribution in [0.2, 0.25) is 0 Å². The molecule has 0 aromatic rings. The lowest BCUT2D eigenvalue weighted by Gasteiger charge is -2.25. The lowest BCUT2D eigenvalue weighted by molar-refractivity contribution is -0.133. The van der Waals surface area contributed by atoms with Crippen molar-refractivity contribution in [1.29, 1.82) is 5.26 Å². The van der Waals surface area contributed by atoms with Gasteiger partial charge in [-0.05, 0) is 6.08 Å². The molecular formula is C9H8N2O4. The van der Waals surface area contributed by atoms with Gasteiger partial charge in [-0.3, -0.25) is 4.79 Å². The Bertz CT molecular complexity index is 395. The average Bonchev–Trinajstić information content (AvgIpc) is 2.52. The first-order chi connectivity index (χ1) is 7.13. The third-order valence-corrected chi connectivity index (χ3v) is 2.25. The molecule has 0 bridgehead atoms. The average molecular weight is 208 g/mol. The molecule has 0 aliphatic carbocycles. The zero-order valence-electron chi connectivity index (χ0n) is 7.97. The number of nitrogens with zero attached hydrogens (tertiary/aromatic N) is 2. The van der Waals surface area contributed by atoms with E-state index in [1.165, 1.54) is 13.0 Å². The van der Waals surface area contributed by atoms with E-state index in [4.69, 9.17) is 14.7 Å². The molecule has 2 aliphatic rings. The molecule has 6 nitrogen and oxygen atoms in total. The summed E-state index contributed by atoms with van der Waals surface area (Å²) in [5, 5.41) is 8.63. The van der Waals surface area contributed by atoms with Crippen LogP contribution in [0.1, 0.15) is 13.3 Å². The van der Waals surface area contributed by atoms with Crippen molar-refractivity contribution in [3.63, 3.8) is 0 Å². The fourth-order valence-electron chi connectivity index (χ4n) is 1.59. The Balaban J connectivity index is 2.25. The highest BCUT2D eigenvalue weighted by atomic mass is 16.6. The maximum Gasteiger partial charge on any atom is 0.420 e. The van der Waals surface area contributed by atoms with Gasteiger partial charge in [-0.15, -0.1) is 0 Å². The SMILES string of the molecule is CC(=O)N1C(=O)OC2CC=C(C#N)OC21. The molecule has 2 aliphatic heterocycles. The van der Waals surface area contributed by atoms with Crippen molar-refractivity contribution in [2.75, 3.05) is 0 Å². The Morgan fingerprint density at radius 1 is 1.67 bits per heavy atom. The number of imide groups is 1. The van der Waals surface area contributed by atoms with Crippen LogP contribution >= 0.6 is 0 Å². The minimum atomic E-state index is -0.797. The van der Waals surface area contributed by atoms with Gasteiger partial charge < -0.3 is 9.47 Å². The summed E-state index contributed by atoms with van der Waals surface area (Å²) in [6, 6.07) is 1.82. The Labute approximate surface area is 85.7 Å². The van der Waals surface area contributed by atoms with Crippen molar-refractivity contribution in [3.8, 4) is 6.07 Å². The number of nitriles is 1. The molecule has 2 rings (SSSR count).